The zero-order valence-corrected chi connectivity index (χ0v) is 25.9. The fraction of sp³-hybridized carbons (Fsp3) is 0.481. The molecule has 4 heterocycles. The summed E-state index contributed by atoms with van der Waals surface area (Å²) in [5.74, 6) is -1.31. The molecule has 15 heteroatoms. The first-order valence-electron chi connectivity index (χ1n) is 13.7. The monoisotopic (exact) mass is 636 g/mol. The summed E-state index contributed by atoms with van der Waals surface area (Å²) in [6.07, 6.45) is -0.209. The smallest absolute Gasteiger partial charge is 0.325 e. The average molecular weight is 637 g/mol. The van der Waals surface area contributed by atoms with Gasteiger partial charge < -0.3 is 25.3 Å². The Bertz CT molecular complexity index is 1620. The van der Waals surface area contributed by atoms with Crippen molar-refractivity contribution in [3.63, 3.8) is 0 Å². The highest BCUT2D eigenvalue weighted by Crippen LogP contribution is 2.33. The topological polar surface area (TPSA) is 154 Å². The minimum absolute atomic E-state index is 0.00624. The Labute approximate surface area is 252 Å². The fourth-order valence-corrected chi connectivity index (χ4v) is 7.98. The van der Waals surface area contributed by atoms with Crippen molar-refractivity contribution in [3.8, 4) is 0 Å². The van der Waals surface area contributed by atoms with Crippen molar-refractivity contribution in [2.45, 2.75) is 56.8 Å². The van der Waals surface area contributed by atoms with Crippen LogP contribution in [0, 0.1) is 0 Å². The van der Waals surface area contributed by atoms with E-state index >= 15 is 0 Å². The normalized spacial score (nSPS) is 21.2. The van der Waals surface area contributed by atoms with E-state index in [-0.39, 0.29) is 62.1 Å². The number of carbonyl (C=O) groups excluding carboxylic acids is 3. The van der Waals surface area contributed by atoms with Gasteiger partial charge in [0.2, 0.25) is 5.91 Å². The molecule has 3 N–H and O–H groups in total. The van der Waals surface area contributed by atoms with Crippen LogP contribution in [0.2, 0.25) is 5.02 Å². The lowest BCUT2D eigenvalue weighted by molar-refractivity contribution is -0.143. The van der Waals surface area contributed by atoms with Crippen molar-refractivity contribution in [2.24, 2.45) is 0 Å². The molecule has 12 nitrogen and oxygen atoms in total. The molecular formula is C27H33ClN6O6S2. The van der Waals surface area contributed by atoms with Gasteiger partial charge in [-0.1, -0.05) is 18.5 Å². The van der Waals surface area contributed by atoms with Crippen LogP contribution in [-0.2, 0) is 30.9 Å². The molecule has 0 bridgehead atoms. The standard InChI is InChI=1S/C27H33ClN6O6S2/c1-4-40-24(36)13-30-22(35)11-19-14-33(42(38,39)23-10-17-9-18(28)5-6-20(17)31-23)7-8-34(19)27(37)26-32-25-15(2)16(3)29-12-21(25)41-26/h5-6,9-10,15-16,19,29,31H,4,7-8,11-14H2,1-3H3,(H,30,35). The van der Waals surface area contributed by atoms with Crippen LogP contribution in [-0.4, -0.2) is 90.2 Å². The Balaban J connectivity index is 1.39. The molecule has 1 saturated heterocycles. The van der Waals surface area contributed by atoms with Gasteiger partial charge in [-0.05, 0) is 38.1 Å². The van der Waals surface area contributed by atoms with Gasteiger partial charge in [0, 0.05) is 65.4 Å². The number of sulfonamides is 1. The maximum Gasteiger partial charge on any atom is 0.325 e. The molecule has 3 atom stereocenters. The Hall–Kier alpha value is -3.04. The summed E-state index contributed by atoms with van der Waals surface area (Å²) in [6.45, 7) is 6.24. The molecule has 3 aromatic rings. The highest BCUT2D eigenvalue weighted by molar-refractivity contribution is 7.89. The molecule has 0 radical (unpaired) electrons. The van der Waals surface area contributed by atoms with Crippen molar-refractivity contribution in [1.29, 1.82) is 0 Å². The number of rotatable bonds is 8. The quantitative estimate of drug-likeness (QED) is 0.319. The number of hydrogen-bond acceptors (Lipinski definition) is 9. The summed E-state index contributed by atoms with van der Waals surface area (Å²) in [5.41, 5.74) is 1.51. The van der Waals surface area contributed by atoms with Crippen molar-refractivity contribution in [3.05, 3.63) is 44.9 Å². The number of hydrogen-bond donors (Lipinski definition) is 3. The summed E-state index contributed by atoms with van der Waals surface area (Å²) < 4.78 is 33.5. The molecule has 226 valence electrons. The van der Waals surface area contributed by atoms with E-state index in [0.717, 1.165) is 10.6 Å². The van der Waals surface area contributed by atoms with Gasteiger partial charge in [0.25, 0.3) is 15.9 Å². The first kappa shape index (κ1) is 30.4. The zero-order chi connectivity index (χ0) is 30.2. The lowest BCUT2D eigenvalue weighted by Crippen LogP contribution is -2.57. The van der Waals surface area contributed by atoms with Crippen LogP contribution in [0.1, 0.15) is 53.5 Å². The largest absolute Gasteiger partial charge is 0.465 e. The number of H-pyrrole nitrogens is 1. The van der Waals surface area contributed by atoms with E-state index in [9.17, 15) is 22.8 Å². The van der Waals surface area contributed by atoms with E-state index in [4.69, 9.17) is 16.3 Å². The third-order valence-electron chi connectivity index (χ3n) is 7.71. The summed E-state index contributed by atoms with van der Waals surface area (Å²) in [6, 6.07) is 5.98. The van der Waals surface area contributed by atoms with E-state index in [1.807, 2.05) is 0 Å². The molecule has 2 aliphatic rings. The molecule has 1 aromatic carbocycles. The van der Waals surface area contributed by atoms with Gasteiger partial charge in [0.15, 0.2) is 5.01 Å². The van der Waals surface area contributed by atoms with Crippen LogP contribution in [0.3, 0.4) is 0 Å². The summed E-state index contributed by atoms with van der Waals surface area (Å²) in [4.78, 5) is 48.6. The number of aromatic amines is 1. The number of thiazole rings is 1. The second kappa shape index (κ2) is 12.3. The Morgan fingerprint density at radius 3 is 2.76 bits per heavy atom. The van der Waals surface area contributed by atoms with Gasteiger partial charge in [0.1, 0.15) is 11.6 Å². The fourth-order valence-electron chi connectivity index (χ4n) is 5.24. The molecule has 0 saturated carbocycles. The van der Waals surface area contributed by atoms with Crippen LogP contribution in [0.15, 0.2) is 29.3 Å². The van der Waals surface area contributed by atoms with Crippen molar-refractivity contribution < 1.29 is 27.5 Å². The van der Waals surface area contributed by atoms with E-state index < -0.39 is 27.9 Å². The molecule has 3 unspecified atom stereocenters. The van der Waals surface area contributed by atoms with Crippen molar-refractivity contribution in [1.82, 2.24) is 29.8 Å². The Morgan fingerprint density at radius 2 is 2.00 bits per heavy atom. The third kappa shape index (κ3) is 6.18. The van der Waals surface area contributed by atoms with Crippen LogP contribution in [0.25, 0.3) is 10.9 Å². The number of aromatic nitrogens is 2. The van der Waals surface area contributed by atoms with E-state index in [0.29, 0.717) is 27.5 Å². The predicted molar refractivity (Wildman–Crippen MR) is 158 cm³/mol. The van der Waals surface area contributed by atoms with Gasteiger partial charge in [0.05, 0.1) is 18.3 Å². The minimum atomic E-state index is -4.00. The summed E-state index contributed by atoms with van der Waals surface area (Å²) in [7, 11) is -4.00. The van der Waals surface area contributed by atoms with E-state index in [2.05, 4.69) is 34.4 Å². The molecule has 1 fully saturated rings. The zero-order valence-electron chi connectivity index (χ0n) is 23.5. The van der Waals surface area contributed by atoms with Crippen molar-refractivity contribution in [2.75, 3.05) is 32.8 Å². The number of fused-ring (bicyclic) bond motifs is 2. The van der Waals surface area contributed by atoms with Crippen LogP contribution >= 0.6 is 22.9 Å². The number of nitrogens with one attached hydrogen (secondary N) is 3. The number of halogens is 1. The predicted octanol–water partition coefficient (Wildman–Crippen LogP) is 2.46. The molecule has 2 aliphatic heterocycles. The maximum absolute atomic E-state index is 13.8. The number of ether oxygens (including phenoxy) is 1. The van der Waals surface area contributed by atoms with Gasteiger partial charge in [-0.15, -0.1) is 11.3 Å². The number of benzene rings is 1. The van der Waals surface area contributed by atoms with Crippen LogP contribution in [0.4, 0.5) is 0 Å². The minimum Gasteiger partial charge on any atom is -0.465 e. The molecule has 42 heavy (non-hydrogen) atoms. The van der Waals surface area contributed by atoms with Gasteiger partial charge in [-0.25, -0.2) is 13.4 Å². The Morgan fingerprint density at radius 1 is 1.21 bits per heavy atom. The molecule has 0 spiro atoms. The average Bonchev–Trinajstić information content (AvgIpc) is 3.59. The summed E-state index contributed by atoms with van der Waals surface area (Å²) >= 11 is 7.40. The van der Waals surface area contributed by atoms with Crippen LogP contribution < -0.4 is 10.6 Å². The van der Waals surface area contributed by atoms with Gasteiger partial charge in [-0.2, -0.15) is 4.31 Å². The van der Waals surface area contributed by atoms with Gasteiger partial charge in [-0.3, -0.25) is 14.4 Å². The number of amides is 2. The van der Waals surface area contributed by atoms with E-state index in [1.54, 1.807) is 25.1 Å². The second-order valence-electron chi connectivity index (χ2n) is 10.5. The van der Waals surface area contributed by atoms with E-state index in [1.165, 1.54) is 26.6 Å². The first-order valence-corrected chi connectivity index (χ1v) is 16.4. The lowest BCUT2D eigenvalue weighted by Gasteiger charge is -2.40. The molecular weight excluding hydrogens is 604 g/mol. The van der Waals surface area contributed by atoms with Crippen molar-refractivity contribution >= 4 is 61.6 Å². The maximum atomic E-state index is 13.8. The molecule has 5 rings (SSSR count). The second-order valence-corrected chi connectivity index (χ2v) is 13.9. The third-order valence-corrected chi connectivity index (χ3v) is 10.8. The Kier molecular flexibility index (Phi) is 8.90. The molecule has 0 aliphatic carbocycles. The number of carbonyl (C=O) groups is 3. The van der Waals surface area contributed by atoms with Crippen LogP contribution in [0.5, 0.6) is 0 Å². The highest BCUT2D eigenvalue weighted by Gasteiger charge is 2.39. The molecule has 2 amide bonds. The lowest BCUT2D eigenvalue weighted by atomic mass is 9.95. The highest BCUT2D eigenvalue weighted by atomic mass is 35.5. The number of piperazine rings is 1. The first-order chi connectivity index (χ1) is 20.0. The summed E-state index contributed by atoms with van der Waals surface area (Å²) in [5, 5.41) is 7.35. The number of esters is 1. The number of nitrogens with zero attached hydrogens (tertiary/aromatic N) is 3. The SMILES string of the molecule is CCOC(=O)CNC(=O)CC1CN(S(=O)(=O)c2cc3cc(Cl)ccc3[nH]2)CCN1C(=O)c1nc2c(s1)CNC(C)C2C. The van der Waals surface area contributed by atoms with Gasteiger partial charge >= 0.3 is 5.97 Å². The molecule has 2 aromatic heterocycles.